The van der Waals surface area contributed by atoms with Crippen molar-refractivity contribution < 1.29 is 9.90 Å². The summed E-state index contributed by atoms with van der Waals surface area (Å²) in [4.78, 5) is 10.7. The van der Waals surface area contributed by atoms with Gasteiger partial charge in [0.15, 0.2) is 0 Å². The molecule has 0 fully saturated rings. The molecule has 0 saturated carbocycles. The number of hydrogen-bond donors (Lipinski definition) is 3. The predicted octanol–water partition coefficient (Wildman–Crippen LogP) is 0.0324. The summed E-state index contributed by atoms with van der Waals surface area (Å²) in [5.74, 6) is -0.903. The quantitative estimate of drug-likeness (QED) is 0.564. The third kappa shape index (κ3) is 2.79. The van der Waals surface area contributed by atoms with Crippen molar-refractivity contribution in [1.29, 1.82) is 0 Å². The van der Waals surface area contributed by atoms with Gasteiger partial charge in [0.05, 0.1) is 0 Å². The van der Waals surface area contributed by atoms with E-state index in [2.05, 4.69) is 5.32 Å². The monoisotopic (exact) mass is 174 g/mol. The lowest BCUT2D eigenvalue weighted by Crippen LogP contribution is -2.54. The largest absolute Gasteiger partial charge is 0.480 e. The maximum absolute atomic E-state index is 10.7. The Balaban J connectivity index is 4.42. The zero-order valence-electron chi connectivity index (χ0n) is 8.09. The lowest BCUT2D eigenvalue weighted by Gasteiger charge is -2.31. The van der Waals surface area contributed by atoms with Gasteiger partial charge in [0.1, 0.15) is 6.04 Å². The smallest absolute Gasteiger partial charge is 0.322 e. The summed E-state index contributed by atoms with van der Waals surface area (Å²) in [6, 6.07) is -1.06. The molecule has 0 heterocycles. The number of aliphatic carboxylic acids is 1. The van der Waals surface area contributed by atoms with Crippen molar-refractivity contribution >= 4 is 5.97 Å². The highest BCUT2D eigenvalue weighted by Crippen LogP contribution is 2.19. The van der Waals surface area contributed by atoms with Gasteiger partial charge in [-0.25, -0.2) is 0 Å². The molecule has 0 aliphatic heterocycles. The highest BCUT2D eigenvalue weighted by Gasteiger charge is 2.32. The van der Waals surface area contributed by atoms with E-state index in [1.807, 2.05) is 20.8 Å². The van der Waals surface area contributed by atoms with Gasteiger partial charge >= 0.3 is 5.97 Å². The summed E-state index contributed by atoms with van der Waals surface area (Å²) < 4.78 is 0. The first kappa shape index (κ1) is 11.4. The number of nitrogens with one attached hydrogen (secondary N) is 1. The molecule has 0 spiro atoms. The highest BCUT2D eigenvalue weighted by atomic mass is 16.4. The van der Waals surface area contributed by atoms with Crippen molar-refractivity contribution in [3.05, 3.63) is 0 Å². The third-order valence-corrected chi connectivity index (χ3v) is 1.94. The minimum absolute atomic E-state index is 0.202. The molecule has 0 aromatic carbocycles. The molecule has 72 valence electrons. The Bertz CT molecular complexity index is 163. The van der Waals surface area contributed by atoms with Gasteiger partial charge in [-0.05, 0) is 12.5 Å². The standard InChI is InChI=1S/C8H18N2O2/c1-8(2,3)6(9)5(10-4)7(11)12/h5-6,10H,9H2,1-4H3,(H,11,12). The second-order valence-corrected chi connectivity index (χ2v) is 4.00. The maximum atomic E-state index is 10.7. The summed E-state index contributed by atoms with van der Waals surface area (Å²) in [5.41, 5.74) is 5.56. The van der Waals surface area contributed by atoms with E-state index in [9.17, 15) is 4.79 Å². The lowest BCUT2D eigenvalue weighted by atomic mass is 9.83. The number of carbonyl (C=O) groups is 1. The SMILES string of the molecule is CNC(C(=O)O)C(N)C(C)(C)C. The van der Waals surface area contributed by atoms with Crippen molar-refractivity contribution in [3.8, 4) is 0 Å². The van der Waals surface area contributed by atoms with Crippen LogP contribution in [0.3, 0.4) is 0 Å². The number of nitrogens with two attached hydrogens (primary N) is 1. The molecule has 0 bridgehead atoms. The molecular formula is C8H18N2O2. The molecule has 4 heteroatoms. The molecule has 12 heavy (non-hydrogen) atoms. The van der Waals surface area contributed by atoms with E-state index in [1.54, 1.807) is 7.05 Å². The number of rotatable bonds is 3. The van der Waals surface area contributed by atoms with E-state index in [4.69, 9.17) is 10.8 Å². The van der Waals surface area contributed by atoms with Crippen LogP contribution in [-0.2, 0) is 4.79 Å². The van der Waals surface area contributed by atoms with Gasteiger partial charge in [-0.2, -0.15) is 0 Å². The van der Waals surface area contributed by atoms with Crippen LogP contribution < -0.4 is 11.1 Å². The molecule has 4 nitrogen and oxygen atoms in total. The van der Waals surface area contributed by atoms with Crippen molar-refractivity contribution in [1.82, 2.24) is 5.32 Å². The molecule has 0 aromatic heterocycles. The van der Waals surface area contributed by atoms with Crippen LogP contribution in [0.25, 0.3) is 0 Å². The Kier molecular flexibility index (Phi) is 3.67. The van der Waals surface area contributed by atoms with Crippen LogP contribution in [0.1, 0.15) is 20.8 Å². The number of carboxylic acid groups (broad SMARTS) is 1. The molecule has 2 atom stereocenters. The minimum Gasteiger partial charge on any atom is -0.480 e. The first-order chi connectivity index (χ1) is 5.30. The fourth-order valence-corrected chi connectivity index (χ4v) is 0.957. The average molecular weight is 174 g/mol. The van der Waals surface area contributed by atoms with E-state index in [1.165, 1.54) is 0 Å². The van der Waals surface area contributed by atoms with Gasteiger partial charge < -0.3 is 16.2 Å². The molecule has 0 aromatic rings. The van der Waals surface area contributed by atoms with Crippen molar-refractivity contribution in [2.75, 3.05) is 7.05 Å². The first-order valence-electron chi connectivity index (χ1n) is 3.96. The lowest BCUT2D eigenvalue weighted by molar-refractivity contribution is -0.140. The van der Waals surface area contributed by atoms with E-state index < -0.39 is 12.0 Å². The maximum Gasteiger partial charge on any atom is 0.322 e. The van der Waals surface area contributed by atoms with Crippen molar-refractivity contribution in [2.45, 2.75) is 32.9 Å². The first-order valence-corrected chi connectivity index (χ1v) is 3.96. The van der Waals surface area contributed by atoms with Crippen LogP contribution in [0.2, 0.25) is 0 Å². The van der Waals surface area contributed by atoms with Gasteiger partial charge in [-0.1, -0.05) is 20.8 Å². The Morgan fingerprint density at radius 2 is 1.92 bits per heavy atom. The molecule has 0 aliphatic rings. The molecule has 0 amide bonds. The van der Waals surface area contributed by atoms with Crippen LogP contribution >= 0.6 is 0 Å². The Labute approximate surface area is 73.1 Å². The fraction of sp³-hybridized carbons (Fsp3) is 0.875. The van der Waals surface area contributed by atoms with Gasteiger partial charge in [-0.15, -0.1) is 0 Å². The molecule has 0 aliphatic carbocycles. The van der Waals surface area contributed by atoms with Gasteiger partial charge in [0.25, 0.3) is 0 Å². The van der Waals surface area contributed by atoms with Crippen LogP contribution in [0.15, 0.2) is 0 Å². The number of hydrogen-bond acceptors (Lipinski definition) is 3. The molecule has 0 radical (unpaired) electrons. The van der Waals surface area contributed by atoms with E-state index in [-0.39, 0.29) is 11.5 Å². The van der Waals surface area contributed by atoms with Crippen LogP contribution in [0, 0.1) is 5.41 Å². The van der Waals surface area contributed by atoms with Crippen LogP contribution in [0.5, 0.6) is 0 Å². The Hall–Kier alpha value is -0.610. The van der Waals surface area contributed by atoms with Gasteiger partial charge in [0, 0.05) is 6.04 Å². The Morgan fingerprint density at radius 1 is 1.50 bits per heavy atom. The van der Waals surface area contributed by atoms with E-state index >= 15 is 0 Å². The van der Waals surface area contributed by atoms with E-state index in [0.29, 0.717) is 0 Å². The Morgan fingerprint density at radius 3 is 2.00 bits per heavy atom. The normalized spacial score (nSPS) is 17.1. The summed E-state index contributed by atoms with van der Waals surface area (Å²) in [5, 5.41) is 11.4. The van der Waals surface area contributed by atoms with Gasteiger partial charge in [0.2, 0.25) is 0 Å². The minimum atomic E-state index is -0.903. The van der Waals surface area contributed by atoms with E-state index in [0.717, 1.165) is 0 Å². The van der Waals surface area contributed by atoms with Crippen molar-refractivity contribution in [2.24, 2.45) is 11.1 Å². The number of carboxylic acids is 1. The molecule has 0 saturated heterocycles. The number of likely N-dealkylation sites (N-methyl/N-ethyl adjacent to an activating group) is 1. The summed E-state index contributed by atoms with van der Waals surface area (Å²) in [6.45, 7) is 5.76. The van der Waals surface area contributed by atoms with Crippen LogP contribution in [0.4, 0.5) is 0 Å². The molecule has 4 N–H and O–H groups in total. The molecule has 0 rings (SSSR count). The van der Waals surface area contributed by atoms with Gasteiger partial charge in [-0.3, -0.25) is 4.79 Å². The third-order valence-electron chi connectivity index (χ3n) is 1.94. The summed E-state index contributed by atoms with van der Waals surface area (Å²) in [7, 11) is 1.60. The fourth-order valence-electron chi connectivity index (χ4n) is 0.957. The second kappa shape index (κ2) is 3.87. The predicted molar refractivity (Wildman–Crippen MR) is 47.9 cm³/mol. The topological polar surface area (TPSA) is 75.3 Å². The average Bonchev–Trinajstić information content (AvgIpc) is 1.86. The summed E-state index contributed by atoms with van der Waals surface area (Å²) >= 11 is 0. The van der Waals surface area contributed by atoms with Crippen LogP contribution in [-0.4, -0.2) is 30.2 Å². The zero-order chi connectivity index (χ0) is 9.94. The van der Waals surface area contributed by atoms with Crippen molar-refractivity contribution in [3.63, 3.8) is 0 Å². The molecular weight excluding hydrogens is 156 g/mol. The summed E-state index contributed by atoms with van der Waals surface area (Å²) in [6.07, 6.45) is 0. The second-order valence-electron chi connectivity index (χ2n) is 4.00. The zero-order valence-corrected chi connectivity index (χ0v) is 8.09. The highest BCUT2D eigenvalue weighted by molar-refractivity contribution is 5.74. The molecule has 2 unspecified atom stereocenters.